The average molecular weight is 452 g/mol. The lowest BCUT2D eigenvalue weighted by atomic mass is 10.0. The summed E-state index contributed by atoms with van der Waals surface area (Å²) < 4.78 is 11.2. The van der Waals surface area contributed by atoms with Crippen LogP contribution >= 0.6 is 25.0 Å². The van der Waals surface area contributed by atoms with Crippen molar-refractivity contribution in [2.24, 2.45) is 5.73 Å². The molecule has 0 fully saturated rings. The number of nitrogens with one attached hydrogen (secondary N) is 2. The van der Waals surface area contributed by atoms with Crippen LogP contribution in [-0.2, 0) is 16.0 Å². The molecule has 8 heteroatoms. The lowest BCUT2D eigenvalue weighted by Gasteiger charge is -2.23. The van der Waals surface area contributed by atoms with Crippen molar-refractivity contribution in [3.8, 4) is 5.75 Å². The number of hydrogen-bond donors (Lipinski definition) is 4. The minimum atomic E-state index is -0.732. The highest BCUT2D eigenvalue weighted by Crippen LogP contribution is 2.35. The zero-order valence-corrected chi connectivity index (χ0v) is 19.4. The van der Waals surface area contributed by atoms with E-state index < -0.39 is 12.0 Å². The van der Waals surface area contributed by atoms with Gasteiger partial charge in [0.1, 0.15) is 11.6 Å². The fraction of sp³-hybridized carbons (Fsp3) is 0.364. The van der Waals surface area contributed by atoms with Crippen molar-refractivity contribution in [3.05, 3.63) is 53.1 Å². The SMILES string of the molecule is CCOC(=O)C(Nc1ccc(C(=N)N)cc1)c1ccc(OC(C)C)c(CC)c1S.Cl. The molecule has 1 unspecified atom stereocenters. The minimum Gasteiger partial charge on any atom is -0.491 e. The zero-order chi connectivity index (χ0) is 21.6. The number of ether oxygens (including phenoxy) is 2. The number of carbonyl (C=O) groups excluding carboxylic acids is 1. The average Bonchev–Trinajstić information content (AvgIpc) is 2.67. The smallest absolute Gasteiger partial charge is 0.333 e. The Morgan fingerprint density at radius 1 is 1.17 bits per heavy atom. The molecule has 0 saturated carbocycles. The maximum atomic E-state index is 12.7. The lowest BCUT2D eigenvalue weighted by molar-refractivity contribution is -0.144. The third-order valence-electron chi connectivity index (χ3n) is 4.33. The molecule has 0 aliphatic heterocycles. The van der Waals surface area contributed by atoms with Crippen LogP contribution in [0.4, 0.5) is 5.69 Å². The molecule has 0 bridgehead atoms. The highest BCUT2D eigenvalue weighted by atomic mass is 35.5. The van der Waals surface area contributed by atoms with Crippen LogP contribution in [0.2, 0.25) is 0 Å². The van der Waals surface area contributed by atoms with E-state index in [0.717, 1.165) is 23.3 Å². The number of benzene rings is 2. The molecule has 2 aromatic carbocycles. The Morgan fingerprint density at radius 2 is 1.80 bits per heavy atom. The maximum Gasteiger partial charge on any atom is 0.333 e. The summed E-state index contributed by atoms with van der Waals surface area (Å²) in [6.07, 6.45) is 0.759. The molecular formula is C22H30ClN3O3S. The Kier molecular flexibility index (Phi) is 10.0. The van der Waals surface area contributed by atoms with Gasteiger partial charge in [-0.15, -0.1) is 25.0 Å². The highest BCUT2D eigenvalue weighted by molar-refractivity contribution is 7.80. The van der Waals surface area contributed by atoms with Gasteiger partial charge in [0.2, 0.25) is 0 Å². The van der Waals surface area contributed by atoms with Gasteiger partial charge in [0.05, 0.1) is 12.7 Å². The molecule has 2 aromatic rings. The maximum absolute atomic E-state index is 12.7. The van der Waals surface area contributed by atoms with Crippen LogP contribution < -0.4 is 15.8 Å². The van der Waals surface area contributed by atoms with Crippen molar-refractivity contribution in [3.63, 3.8) is 0 Å². The number of anilines is 1. The molecule has 0 heterocycles. The molecule has 0 spiro atoms. The van der Waals surface area contributed by atoms with Gasteiger partial charge in [-0.1, -0.05) is 13.0 Å². The van der Waals surface area contributed by atoms with Crippen LogP contribution in [0.1, 0.15) is 50.4 Å². The number of nitrogens with two attached hydrogens (primary N) is 1. The normalized spacial score (nSPS) is 11.4. The van der Waals surface area contributed by atoms with E-state index in [0.29, 0.717) is 16.1 Å². The quantitative estimate of drug-likeness (QED) is 0.191. The predicted octanol–water partition coefficient (Wildman–Crippen LogP) is 4.75. The number of thiol groups is 1. The summed E-state index contributed by atoms with van der Waals surface area (Å²) in [7, 11) is 0. The Bertz CT molecular complexity index is 873. The second-order valence-corrected chi connectivity index (χ2v) is 7.27. The van der Waals surface area contributed by atoms with Gasteiger partial charge in [0.25, 0.3) is 0 Å². The molecule has 30 heavy (non-hydrogen) atoms. The van der Waals surface area contributed by atoms with E-state index in [1.165, 1.54) is 0 Å². The second-order valence-electron chi connectivity index (χ2n) is 6.82. The van der Waals surface area contributed by atoms with Crippen molar-refractivity contribution < 1.29 is 14.3 Å². The lowest BCUT2D eigenvalue weighted by Crippen LogP contribution is -2.24. The van der Waals surface area contributed by atoms with Crippen LogP contribution in [-0.4, -0.2) is 24.5 Å². The first-order valence-electron chi connectivity index (χ1n) is 9.67. The first-order valence-corrected chi connectivity index (χ1v) is 10.1. The predicted molar refractivity (Wildman–Crippen MR) is 127 cm³/mol. The topological polar surface area (TPSA) is 97.4 Å². The molecule has 0 amide bonds. The summed E-state index contributed by atoms with van der Waals surface area (Å²) in [5, 5.41) is 10.7. The summed E-state index contributed by atoms with van der Waals surface area (Å²) in [5.41, 5.74) is 8.50. The van der Waals surface area contributed by atoms with E-state index in [-0.39, 0.29) is 31.0 Å². The Balaban J connectivity index is 0.00000450. The molecule has 0 aliphatic rings. The third-order valence-corrected chi connectivity index (χ3v) is 4.86. The van der Waals surface area contributed by atoms with Gasteiger partial charge < -0.3 is 20.5 Å². The van der Waals surface area contributed by atoms with Gasteiger partial charge >= 0.3 is 5.97 Å². The third kappa shape index (κ3) is 6.31. The van der Waals surface area contributed by atoms with Gasteiger partial charge in [-0.05, 0) is 63.1 Å². The summed E-state index contributed by atoms with van der Waals surface area (Å²) in [6, 6.07) is 10.00. The Labute approximate surface area is 189 Å². The first-order chi connectivity index (χ1) is 13.8. The van der Waals surface area contributed by atoms with E-state index in [1.54, 1.807) is 31.2 Å². The van der Waals surface area contributed by atoms with Gasteiger partial charge in [-0.2, -0.15) is 0 Å². The van der Waals surface area contributed by atoms with Crippen molar-refractivity contribution in [1.82, 2.24) is 0 Å². The second kappa shape index (κ2) is 11.7. The van der Waals surface area contributed by atoms with E-state index in [9.17, 15) is 4.79 Å². The molecule has 2 rings (SSSR count). The number of halogens is 1. The summed E-state index contributed by atoms with van der Waals surface area (Å²) in [6.45, 7) is 8.02. The van der Waals surface area contributed by atoms with E-state index in [2.05, 4.69) is 5.32 Å². The van der Waals surface area contributed by atoms with Crippen molar-refractivity contribution in [1.29, 1.82) is 5.41 Å². The van der Waals surface area contributed by atoms with Crippen LogP contribution in [0.3, 0.4) is 0 Å². The number of amidine groups is 1. The summed E-state index contributed by atoms with van der Waals surface area (Å²) in [4.78, 5) is 13.4. The molecule has 1 atom stereocenters. The van der Waals surface area contributed by atoms with Gasteiger partial charge in [-0.3, -0.25) is 5.41 Å². The molecular weight excluding hydrogens is 422 g/mol. The largest absolute Gasteiger partial charge is 0.491 e. The van der Waals surface area contributed by atoms with Crippen molar-refractivity contribution in [2.75, 3.05) is 11.9 Å². The Morgan fingerprint density at radius 3 is 2.30 bits per heavy atom. The van der Waals surface area contributed by atoms with Crippen LogP contribution in [0.25, 0.3) is 0 Å². The Hall–Kier alpha value is -2.38. The van der Waals surface area contributed by atoms with Gasteiger partial charge in [0.15, 0.2) is 6.04 Å². The van der Waals surface area contributed by atoms with Crippen molar-refractivity contribution >= 4 is 42.5 Å². The summed E-state index contributed by atoms with van der Waals surface area (Å²) >= 11 is 4.72. The van der Waals surface area contributed by atoms with E-state index >= 15 is 0 Å². The highest BCUT2D eigenvalue weighted by Gasteiger charge is 2.26. The van der Waals surface area contributed by atoms with Crippen LogP contribution in [0, 0.1) is 5.41 Å². The van der Waals surface area contributed by atoms with Crippen LogP contribution in [0.5, 0.6) is 5.75 Å². The fourth-order valence-electron chi connectivity index (χ4n) is 2.98. The van der Waals surface area contributed by atoms with Gasteiger partial charge in [0, 0.05) is 21.7 Å². The molecule has 0 aliphatic carbocycles. The molecule has 0 saturated heterocycles. The molecule has 6 nitrogen and oxygen atoms in total. The zero-order valence-electron chi connectivity index (χ0n) is 17.7. The van der Waals surface area contributed by atoms with Crippen molar-refractivity contribution in [2.45, 2.75) is 51.2 Å². The van der Waals surface area contributed by atoms with Gasteiger partial charge in [-0.25, -0.2) is 4.79 Å². The number of carbonyl (C=O) groups is 1. The number of rotatable bonds is 9. The fourth-order valence-corrected chi connectivity index (χ4v) is 3.45. The number of esters is 1. The number of nitrogen functional groups attached to an aromatic ring is 1. The van der Waals surface area contributed by atoms with E-state index in [1.807, 2.05) is 32.9 Å². The first kappa shape index (κ1) is 25.7. The minimum absolute atomic E-state index is 0. The molecule has 0 radical (unpaired) electrons. The standard InChI is InChI=1S/C22H29N3O3S.ClH/c1-5-16-18(28-13(3)4)12-11-17(20(16)29)19(22(26)27-6-2)25-15-9-7-14(8-10-15)21(23)24;/h7-13,19,25,29H,5-6H2,1-4H3,(H3,23,24);1H. The molecule has 0 aromatic heterocycles. The molecule has 4 N–H and O–H groups in total. The molecule has 164 valence electrons. The summed E-state index contributed by atoms with van der Waals surface area (Å²) in [5.74, 6) is 0.368. The van der Waals surface area contributed by atoms with Crippen LogP contribution in [0.15, 0.2) is 41.3 Å². The number of hydrogen-bond acceptors (Lipinski definition) is 6. The monoisotopic (exact) mass is 451 g/mol. The van der Waals surface area contributed by atoms with E-state index in [4.69, 9.17) is 33.2 Å².